The third kappa shape index (κ3) is 3.49. The van der Waals surface area contributed by atoms with Gasteiger partial charge in [0.1, 0.15) is 23.4 Å². The van der Waals surface area contributed by atoms with Gasteiger partial charge in [0.2, 0.25) is 0 Å². The van der Waals surface area contributed by atoms with Crippen LogP contribution >= 0.6 is 0 Å². The molecule has 1 aromatic carbocycles. The van der Waals surface area contributed by atoms with Gasteiger partial charge in [-0.15, -0.1) is 0 Å². The fourth-order valence-corrected chi connectivity index (χ4v) is 2.48. The summed E-state index contributed by atoms with van der Waals surface area (Å²) >= 11 is 0. The SMILES string of the molecule is CC(C)C[C@@H](C(=O)O)N(C)C(=O)c1cc2c(F)cc(F)cc2[nH]1. The second-order valence-corrected chi connectivity index (χ2v) is 5.93. The number of halogens is 2. The van der Waals surface area contributed by atoms with Crippen LogP contribution in [0.5, 0.6) is 0 Å². The van der Waals surface area contributed by atoms with E-state index in [9.17, 15) is 23.5 Å². The van der Waals surface area contributed by atoms with E-state index in [0.29, 0.717) is 6.42 Å². The van der Waals surface area contributed by atoms with E-state index in [1.165, 1.54) is 13.1 Å². The molecule has 0 aliphatic heterocycles. The van der Waals surface area contributed by atoms with Crippen molar-refractivity contribution in [2.75, 3.05) is 7.05 Å². The highest BCUT2D eigenvalue weighted by Crippen LogP contribution is 2.22. The highest BCUT2D eigenvalue weighted by atomic mass is 19.1. The molecule has 2 N–H and O–H groups in total. The van der Waals surface area contributed by atoms with Gasteiger partial charge in [-0.3, -0.25) is 4.79 Å². The Hall–Kier alpha value is -2.44. The summed E-state index contributed by atoms with van der Waals surface area (Å²) < 4.78 is 26.9. The van der Waals surface area contributed by atoms with Gasteiger partial charge in [-0.05, 0) is 24.5 Å². The molecule has 0 radical (unpaired) electrons. The number of carboxylic acids is 1. The van der Waals surface area contributed by atoms with Crippen molar-refractivity contribution < 1.29 is 23.5 Å². The predicted molar refractivity (Wildman–Crippen MR) is 81.2 cm³/mol. The number of rotatable bonds is 5. The van der Waals surface area contributed by atoms with Gasteiger partial charge in [-0.25, -0.2) is 13.6 Å². The Morgan fingerprint density at radius 3 is 2.48 bits per heavy atom. The number of carbonyl (C=O) groups is 2. The summed E-state index contributed by atoms with van der Waals surface area (Å²) in [4.78, 5) is 27.6. The molecule has 1 amide bonds. The molecule has 23 heavy (non-hydrogen) atoms. The third-order valence-corrected chi connectivity index (χ3v) is 3.65. The number of carbonyl (C=O) groups excluding carboxylic acids is 1. The standard InChI is InChI=1S/C16H18F2N2O3/c1-8(2)4-14(16(22)23)20(3)15(21)13-7-10-11(18)5-9(17)6-12(10)19-13/h5-8,14,19H,4H2,1-3H3,(H,22,23)/t14-/m0/s1. The monoisotopic (exact) mass is 324 g/mol. The van der Waals surface area contributed by atoms with E-state index in [0.717, 1.165) is 17.0 Å². The first-order valence-corrected chi connectivity index (χ1v) is 7.18. The minimum absolute atomic E-state index is 0.0157. The zero-order chi connectivity index (χ0) is 17.3. The van der Waals surface area contributed by atoms with Crippen molar-refractivity contribution in [1.29, 1.82) is 0 Å². The van der Waals surface area contributed by atoms with Crippen LogP contribution in [0.15, 0.2) is 18.2 Å². The van der Waals surface area contributed by atoms with Crippen molar-refractivity contribution in [2.24, 2.45) is 5.92 Å². The molecule has 0 saturated heterocycles. The predicted octanol–water partition coefficient (Wildman–Crippen LogP) is 3.02. The quantitative estimate of drug-likeness (QED) is 0.888. The second kappa shape index (κ2) is 6.36. The average Bonchev–Trinajstić information content (AvgIpc) is 2.86. The molecular formula is C16H18F2N2O3. The smallest absolute Gasteiger partial charge is 0.326 e. The summed E-state index contributed by atoms with van der Waals surface area (Å²) in [5.74, 6) is -3.15. The number of aromatic amines is 1. The summed E-state index contributed by atoms with van der Waals surface area (Å²) in [5.41, 5.74) is 0.164. The van der Waals surface area contributed by atoms with E-state index >= 15 is 0 Å². The third-order valence-electron chi connectivity index (χ3n) is 3.65. The number of H-pyrrole nitrogens is 1. The van der Waals surface area contributed by atoms with Crippen molar-refractivity contribution in [2.45, 2.75) is 26.3 Å². The van der Waals surface area contributed by atoms with Gasteiger partial charge in [0.15, 0.2) is 0 Å². The van der Waals surface area contributed by atoms with Crippen LogP contribution in [0.25, 0.3) is 10.9 Å². The first-order chi connectivity index (χ1) is 10.7. The van der Waals surface area contributed by atoms with Gasteiger partial charge in [-0.2, -0.15) is 0 Å². The van der Waals surface area contributed by atoms with Crippen LogP contribution in [-0.2, 0) is 4.79 Å². The molecule has 0 aliphatic carbocycles. The maximum absolute atomic E-state index is 13.7. The summed E-state index contributed by atoms with van der Waals surface area (Å²) in [5, 5.41) is 9.38. The Morgan fingerprint density at radius 2 is 1.91 bits per heavy atom. The Morgan fingerprint density at radius 1 is 1.26 bits per heavy atom. The van der Waals surface area contributed by atoms with E-state index < -0.39 is 29.6 Å². The Bertz CT molecular complexity index is 755. The summed E-state index contributed by atoms with van der Waals surface area (Å²) in [6.45, 7) is 3.71. The van der Waals surface area contributed by atoms with Crippen LogP contribution < -0.4 is 0 Å². The Balaban J connectivity index is 2.35. The van der Waals surface area contributed by atoms with Gasteiger partial charge >= 0.3 is 5.97 Å². The Kier molecular flexibility index (Phi) is 4.68. The number of carboxylic acid groups (broad SMARTS) is 1. The molecule has 1 heterocycles. The van der Waals surface area contributed by atoms with Crippen LogP contribution in [0, 0.1) is 17.6 Å². The van der Waals surface area contributed by atoms with E-state index in [1.54, 1.807) is 0 Å². The lowest BCUT2D eigenvalue weighted by Crippen LogP contribution is -2.43. The zero-order valence-corrected chi connectivity index (χ0v) is 13.1. The normalized spacial score (nSPS) is 12.6. The maximum Gasteiger partial charge on any atom is 0.326 e. The van der Waals surface area contributed by atoms with Crippen molar-refractivity contribution >= 4 is 22.8 Å². The summed E-state index contributed by atoms with van der Waals surface area (Å²) in [6, 6.07) is 2.08. The van der Waals surface area contributed by atoms with Crippen LogP contribution in [-0.4, -0.2) is 40.0 Å². The van der Waals surface area contributed by atoms with Crippen molar-refractivity contribution in [3.8, 4) is 0 Å². The molecule has 124 valence electrons. The molecule has 1 aromatic heterocycles. The van der Waals surface area contributed by atoms with Gasteiger partial charge in [0.25, 0.3) is 5.91 Å². The largest absolute Gasteiger partial charge is 0.480 e. The molecule has 0 aliphatic rings. The second-order valence-electron chi connectivity index (χ2n) is 5.93. The molecule has 0 unspecified atom stereocenters. The first-order valence-electron chi connectivity index (χ1n) is 7.18. The van der Waals surface area contributed by atoms with E-state index in [2.05, 4.69) is 4.98 Å². The van der Waals surface area contributed by atoms with Crippen molar-refractivity contribution in [3.05, 3.63) is 35.5 Å². The lowest BCUT2D eigenvalue weighted by molar-refractivity contribution is -0.142. The van der Waals surface area contributed by atoms with Crippen LogP contribution in [0.3, 0.4) is 0 Å². The molecule has 0 fully saturated rings. The fraction of sp³-hybridized carbons (Fsp3) is 0.375. The Labute approximate surface area is 131 Å². The number of likely N-dealkylation sites (N-methyl/N-ethyl adjacent to an activating group) is 1. The molecule has 2 aromatic rings. The lowest BCUT2D eigenvalue weighted by Gasteiger charge is -2.25. The van der Waals surface area contributed by atoms with Gasteiger partial charge in [0, 0.05) is 18.5 Å². The minimum Gasteiger partial charge on any atom is -0.480 e. The highest BCUT2D eigenvalue weighted by Gasteiger charge is 2.29. The number of hydrogen-bond donors (Lipinski definition) is 2. The number of amides is 1. The van der Waals surface area contributed by atoms with Gasteiger partial charge < -0.3 is 15.0 Å². The highest BCUT2D eigenvalue weighted by molar-refractivity contribution is 5.99. The average molecular weight is 324 g/mol. The van der Waals surface area contributed by atoms with Gasteiger partial charge in [0.05, 0.1) is 5.52 Å². The van der Waals surface area contributed by atoms with Crippen LogP contribution in [0.1, 0.15) is 30.8 Å². The maximum atomic E-state index is 13.7. The molecular weight excluding hydrogens is 306 g/mol. The summed E-state index contributed by atoms with van der Waals surface area (Å²) in [7, 11) is 1.38. The molecule has 0 saturated carbocycles. The number of hydrogen-bond acceptors (Lipinski definition) is 2. The van der Waals surface area contributed by atoms with E-state index in [1.807, 2.05) is 13.8 Å². The fourth-order valence-electron chi connectivity index (χ4n) is 2.48. The number of fused-ring (bicyclic) bond motifs is 1. The molecule has 2 rings (SSSR count). The van der Waals surface area contributed by atoms with Crippen LogP contribution in [0.2, 0.25) is 0 Å². The van der Waals surface area contributed by atoms with Crippen molar-refractivity contribution in [1.82, 2.24) is 9.88 Å². The number of aliphatic carboxylic acids is 1. The molecule has 1 atom stereocenters. The molecule has 0 bridgehead atoms. The molecule has 7 heteroatoms. The van der Waals surface area contributed by atoms with Crippen molar-refractivity contribution in [3.63, 3.8) is 0 Å². The lowest BCUT2D eigenvalue weighted by atomic mass is 10.0. The first kappa shape index (κ1) is 16.9. The topological polar surface area (TPSA) is 73.4 Å². The number of aromatic nitrogens is 1. The molecule has 5 nitrogen and oxygen atoms in total. The number of nitrogens with zero attached hydrogens (tertiary/aromatic N) is 1. The number of nitrogens with one attached hydrogen (secondary N) is 1. The van der Waals surface area contributed by atoms with E-state index in [-0.39, 0.29) is 22.5 Å². The summed E-state index contributed by atoms with van der Waals surface area (Å²) in [6.07, 6.45) is 0.292. The van der Waals surface area contributed by atoms with Crippen LogP contribution in [0.4, 0.5) is 8.78 Å². The molecule has 0 spiro atoms. The van der Waals surface area contributed by atoms with E-state index in [4.69, 9.17) is 0 Å². The minimum atomic E-state index is -1.11. The number of benzene rings is 1. The zero-order valence-electron chi connectivity index (χ0n) is 13.1. The van der Waals surface area contributed by atoms with Gasteiger partial charge in [-0.1, -0.05) is 13.8 Å².